The molecule has 0 bridgehead atoms. The SMILES string of the molecule is CNC(C(=O)O)C(=O)C(c1ccccc1)c1ccccc1. The van der Waals surface area contributed by atoms with Gasteiger partial charge < -0.3 is 10.4 Å². The van der Waals surface area contributed by atoms with Crippen molar-refractivity contribution in [1.82, 2.24) is 5.32 Å². The summed E-state index contributed by atoms with van der Waals surface area (Å²) in [6.45, 7) is 0. The van der Waals surface area contributed by atoms with Crippen LogP contribution < -0.4 is 5.32 Å². The Labute approximate surface area is 123 Å². The molecule has 0 fully saturated rings. The molecule has 2 rings (SSSR count). The maximum Gasteiger partial charge on any atom is 0.328 e. The van der Waals surface area contributed by atoms with Gasteiger partial charge >= 0.3 is 5.97 Å². The number of carboxylic acids is 1. The first kappa shape index (κ1) is 14.9. The second-order valence-electron chi connectivity index (χ2n) is 4.72. The summed E-state index contributed by atoms with van der Waals surface area (Å²) in [5.74, 6) is -2.14. The number of Topliss-reactive ketones (excluding diaryl/α,β-unsaturated/α-hetero) is 1. The zero-order chi connectivity index (χ0) is 15.2. The number of benzene rings is 2. The largest absolute Gasteiger partial charge is 0.480 e. The van der Waals surface area contributed by atoms with Gasteiger partial charge in [0.2, 0.25) is 0 Å². The Morgan fingerprint density at radius 2 is 1.33 bits per heavy atom. The molecule has 2 aromatic carbocycles. The average molecular weight is 283 g/mol. The summed E-state index contributed by atoms with van der Waals surface area (Å²) in [5.41, 5.74) is 1.57. The van der Waals surface area contributed by atoms with E-state index in [0.717, 1.165) is 11.1 Å². The number of ketones is 1. The van der Waals surface area contributed by atoms with Crippen LogP contribution in [-0.2, 0) is 9.59 Å². The van der Waals surface area contributed by atoms with Crippen molar-refractivity contribution < 1.29 is 14.7 Å². The topological polar surface area (TPSA) is 66.4 Å². The Morgan fingerprint density at radius 3 is 1.67 bits per heavy atom. The fourth-order valence-electron chi connectivity index (χ4n) is 2.37. The van der Waals surface area contributed by atoms with Gasteiger partial charge in [-0.25, -0.2) is 0 Å². The predicted molar refractivity (Wildman–Crippen MR) is 80.2 cm³/mol. The summed E-state index contributed by atoms with van der Waals surface area (Å²) in [6.07, 6.45) is 0. The van der Waals surface area contributed by atoms with Crippen LogP contribution in [0.3, 0.4) is 0 Å². The molecule has 0 saturated heterocycles. The molecule has 1 unspecified atom stereocenters. The van der Waals surface area contributed by atoms with E-state index in [1.54, 1.807) is 0 Å². The minimum absolute atomic E-state index is 0.373. The quantitative estimate of drug-likeness (QED) is 0.796. The molecule has 2 aromatic rings. The lowest BCUT2D eigenvalue weighted by Crippen LogP contribution is -2.44. The number of carboxylic acid groups (broad SMARTS) is 1. The van der Waals surface area contributed by atoms with Crippen LogP contribution in [0.5, 0.6) is 0 Å². The number of likely N-dealkylation sites (N-methyl/N-ethyl adjacent to an activating group) is 1. The molecule has 4 nitrogen and oxygen atoms in total. The van der Waals surface area contributed by atoms with E-state index in [1.807, 2.05) is 60.7 Å². The molecule has 0 aliphatic heterocycles. The monoisotopic (exact) mass is 283 g/mol. The highest BCUT2D eigenvalue weighted by atomic mass is 16.4. The fraction of sp³-hybridized carbons (Fsp3) is 0.176. The molecule has 1 atom stereocenters. The molecular formula is C17H17NO3. The zero-order valence-electron chi connectivity index (χ0n) is 11.7. The molecule has 108 valence electrons. The number of nitrogens with one attached hydrogen (secondary N) is 1. The summed E-state index contributed by atoms with van der Waals surface area (Å²) < 4.78 is 0. The lowest BCUT2D eigenvalue weighted by atomic mass is 9.85. The Hall–Kier alpha value is -2.46. The van der Waals surface area contributed by atoms with Gasteiger partial charge in [0.25, 0.3) is 0 Å². The van der Waals surface area contributed by atoms with Crippen molar-refractivity contribution in [1.29, 1.82) is 0 Å². The second kappa shape index (κ2) is 6.81. The molecule has 0 heterocycles. The standard InChI is InChI=1S/C17H17NO3/c1-18-15(17(20)21)16(19)14(12-8-4-2-5-9-12)13-10-6-3-7-11-13/h2-11,14-15,18H,1H3,(H,20,21). The van der Waals surface area contributed by atoms with Gasteiger partial charge in [-0.15, -0.1) is 0 Å². The van der Waals surface area contributed by atoms with Crippen LogP contribution in [0.2, 0.25) is 0 Å². The van der Waals surface area contributed by atoms with Crippen molar-refractivity contribution in [2.45, 2.75) is 12.0 Å². The van der Waals surface area contributed by atoms with Gasteiger partial charge in [0, 0.05) is 0 Å². The van der Waals surface area contributed by atoms with Crippen LogP contribution in [0.25, 0.3) is 0 Å². The Bertz CT molecular complexity index is 571. The third kappa shape index (κ3) is 3.35. The third-order valence-electron chi connectivity index (χ3n) is 3.37. The Morgan fingerprint density at radius 1 is 0.905 bits per heavy atom. The summed E-state index contributed by atoms with van der Waals surface area (Å²) in [6, 6.07) is 17.2. The number of carbonyl (C=O) groups excluding carboxylic acids is 1. The van der Waals surface area contributed by atoms with Crippen LogP contribution in [0, 0.1) is 0 Å². The zero-order valence-corrected chi connectivity index (χ0v) is 11.7. The fourth-order valence-corrected chi connectivity index (χ4v) is 2.37. The van der Waals surface area contributed by atoms with Gasteiger partial charge in [-0.05, 0) is 18.2 Å². The number of hydrogen-bond donors (Lipinski definition) is 2. The average Bonchev–Trinajstić information content (AvgIpc) is 2.50. The van der Waals surface area contributed by atoms with Gasteiger partial charge in [0.05, 0.1) is 5.92 Å². The maximum absolute atomic E-state index is 12.7. The highest BCUT2D eigenvalue weighted by Gasteiger charge is 2.32. The lowest BCUT2D eigenvalue weighted by Gasteiger charge is -2.20. The van der Waals surface area contributed by atoms with E-state index in [-0.39, 0.29) is 5.78 Å². The van der Waals surface area contributed by atoms with Crippen LogP contribution in [0.4, 0.5) is 0 Å². The van der Waals surface area contributed by atoms with Gasteiger partial charge in [-0.1, -0.05) is 60.7 Å². The first-order valence-electron chi connectivity index (χ1n) is 6.69. The number of hydrogen-bond acceptors (Lipinski definition) is 3. The van der Waals surface area contributed by atoms with Gasteiger partial charge in [0.15, 0.2) is 11.8 Å². The van der Waals surface area contributed by atoms with Crippen LogP contribution in [-0.4, -0.2) is 29.9 Å². The van der Waals surface area contributed by atoms with Crippen molar-refractivity contribution in [3.05, 3.63) is 71.8 Å². The summed E-state index contributed by atoms with van der Waals surface area (Å²) in [7, 11) is 1.48. The van der Waals surface area contributed by atoms with E-state index in [4.69, 9.17) is 0 Å². The van der Waals surface area contributed by atoms with E-state index >= 15 is 0 Å². The Kier molecular flexibility index (Phi) is 4.85. The van der Waals surface area contributed by atoms with Crippen molar-refractivity contribution in [3.63, 3.8) is 0 Å². The minimum Gasteiger partial charge on any atom is -0.480 e. The first-order chi connectivity index (χ1) is 10.1. The van der Waals surface area contributed by atoms with Crippen LogP contribution >= 0.6 is 0 Å². The molecule has 21 heavy (non-hydrogen) atoms. The smallest absolute Gasteiger partial charge is 0.328 e. The van der Waals surface area contributed by atoms with E-state index < -0.39 is 17.9 Å². The molecule has 0 amide bonds. The molecule has 0 spiro atoms. The molecule has 2 N–H and O–H groups in total. The highest BCUT2D eigenvalue weighted by Crippen LogP contribution is 2.26. The van der Waals surface area contributed by atoms with Gasteiger partial charge in [-0.2, -0.15) is 0 Å². The number of rotatable bonds is 6. The van der Waals surface area contributed by atoms with E-state index in [1.165, 1.54) is 7.05 Å². The van der Waals surface area contributed by atoms with Crippen LogP contribution in [0.15, 0.2) is 60.7 Å². The minimum atomic E-state index is -1.23. The van der Waals surface area contributed by atoms with Crippen molar-refractivity contribution in [2.24, 2.45) is 0 Å². The van der Waals surface area contributed by atoms with Gasteiger partial charge in [-0.3, -0.25) is 9.59 Å². The molecule has 0 saturated carbocycles. The molecule has 0 radical (unpaired) electrons. The van der Waals surface area contributed by atoms with E-state index in [2.05, 4.69) is 5.32 Å². The predicted octanol–water partition coefficient (Wildman–Crippen LogP) is 2.06. The summed E-state index contributed by atoms with van der Waals surface area (Å²) in [4.78, 5) is 23.9. The molecule has 0 aliphatic rings. The summed E-state index contributed by atoms with van der Waals surface area (Å²) >= 11 is 0. The Balaban J connectivity index is 2.47. The second-order valence-corrected chi connectivity index (χ2v) is 4.72. The molecule has 4 heteroatoms. The molecular weight excluding hydrogens is 266 g/mol. The third-order valence-corrected chi connectivity index (χ3v) is 3.37. The molecule has 0 aliphatic carbocycles. The van der Waals surface area contributed by atoms with Crippen molar-refractivity contribution in [2.75, 3.05) is 7.05 Å². The number of carbonyl (C=O) groups is 2. The maximum atomic E-state index is 12.7. The van der Waals surface area contributed by atoms with Crippen LogP contribution in [0.1, 0.15) is 17.0 Å². The first-order valence-corrected chi connectivity index (χ1v) is 6.69. The summed E-state index contributed by atoms with van der Waals surface area (Å²) in [5, 5.41) is 11.8. The lowest BCUT2D eigenvalue weighted by molar-refractivity contribution is -0.143. The van der Waals surface area contributed by atoms with Crippen molar-refractivity contribution >= 4 is 11.8 Å². The van der Waals surface area contributed by atoms with Gasteiger partial charge in [0.1, 0.15) is 0 Å². The molecule has 0 aromatic heterocycles. The number of aliphatic carboxylic acids is 1. The van der Waals surface area contributed by atoms with Crippen molar-refractivity contribution in [3.8, 4) is 0 Å². The van der Waals surface area contributed by atoms with E-state index in [0.29, 0.717) is 0 Å². The normalized spacial score (nSPS) is 12.1. The van der Waals surface area contributed by atoms with E-state index in [9.17, 15) is 14.7 Å². The highest BCUT2D eigenvalue weighted by molar-refractivity contribution is 6.06.